The van der Waals surface area contributed by atoms with Crippen LogP contribution in [0.3, 0.4) is 0 Å². The van der Waals surface area contributed by atoms with Crippen LogP contribution in [0.4, 0.5) is 20.4 Å². The normalized spacial score (nSPS) is 14.6. The summed E-state index contributed by atoms with van der Waals surface area (Å²) in [6.07, 6.45) is 2.10. The first kappa shape index (κ1) is 30.3. The third-order valence-corrected chi connectivity index (χ3v) is 7.59. The molecule has 1 aliphatic heterocycles. The van der Waals surface area contributed by atoms with Gasteiger partial charge in [0.15, 0.2) is 11.6 Å². The number of carboxylic acid groups (broad SMARTS) is 1. The predicted octanol–water partition coefficient (Wildman–Crippen LogP) is 1.87. The quantitative estimate of drug-likeness (QED) is 0.194. The Balaban J connectivity index is 1.31. The molecule has 1 atom stereocenters. The van der Waals surface area contributed by atoms with Crippen molar-refractivity contribution in [3.63, 3.8) is 0 Å². The number of nitrogens with two attached hydrogens (primary N) is 1. The number of amides is 1. The molecule has 42 heavy (non-hydrogen) atoms. The maximum absolute atomic E-state index is 15.0. The predicted molar refractivity (Wildman–Crippen MR) is 144 cm³/mol. The first-order valence-electron chi connectivity index (χ1n) is 12.6. The van der Waals surface area contributed by atoms with Crippen molar-refractivity contribution >= 4 is 39.6 Å². The lowest BCUT2D eigenvalue weighted by molar-refractivity contribution is -0.134. The number of aromatic nitrogens is 2. The number of carboxylic acids is 1. The molecule has 13 nitrogen and oxygen atoms in total. The summed E-state index contributed by atoms with van der Waals surface area (Å²) in [4.78, 5) is 45.0. The van der Waals surface area contributed by atoms with Crippen molar-refractivity contribution in [2.45, 2.75) is 36.4 Å². The summed E-state index contributed by atoms with van der Waals surface area (Å²) in [5.41, 5.74) is 4.83. The van der Waals surface area contributed by atoms with Gasteiger partial charge in [-0.1, -0.05) is 0 Å². The Hall–Kier alpha value is -4.70. The third kappa shape index (κ3) is 7.32. The number of rotatable bonds is 10. The maximum atomic E-state index is 15.0. The SMILES string of the molecule is NC(CC(=O)OS(=O)(=O)c1ccc(C(=O)O)cc1)NC(=O)c1ccc(N2CCC(Nc3ncccn3)CC2)c(F)c1F. The Kier molecular flexibility index (Phi) is 9.27. The van der Waals surface area contributed by atoms with Gasteiger partial charge in [-0.25, -0.2) is 23.5 Å². The number of aromatic carboxylic acids is 1. The molecule has 0 spiro atoms. The summed E-state index contributed by atoms with van der Waals surface area (Å²) in [6.45, 7) is 0.817. The van der Waals surface area contributed by atoms with E-state index in [2.05, 4.69) is 24.8 Å². The Labute approximate surface area is 238 Å². The van der Waals surface area contributed by atoms with Gasteiger partial charge in [-0.15, -0.1) is 0 Å². The highest BCUT2D eigenvalue weighted by Crippen LogP contribution is 2.27. The number of carbonyl (C=O) groups is 3. The molecular formula is C26H26F2N6O7S. The molecule has 0 aliphatic carbocycles. The van der Waals surface area contributed by atoms with E-state index in [0.717, 1.165) is 30.3 Å². The molecular weight excluding hydrogens is 578 g/mol. The van der Waals surface area contributed by atoms with Gasteiger partial charge in [-0.3, -0.25) is 9.59 Å². The molecule has 0 bridgehead atoms. The Morgan fingerprint density at radius 2 is 1.69 bits per heavy atom. The second kappa shape index (κ2) is 12.9. The molecule has 2 aromatic carbocycles. The van der Waals surface area contributed by atoms with Crippen molar-refractivity contribution < 1.29 is 40.9 Å². The van der Waals surface area contributed by atoms with Crippen molar-refractivity contribution in [1.29, 1.82) is 0 Å². The van der Waals surface area contributed by atoms with Gasteiger partial charge in [-0.05, 0) is 55.3 Å². The van der Waals surface area contributed by atoms with Crippen LogP contribution in [0.1, 0.15) is 40.0 Å². The minimum absolute atomic E-state index is 0.0204. The molecule has 4 rings (SSSR count). The zero-order valence-corrected chi connectivity index (χ0v) is 22.7. The zero-order valence-electron chi connectivity index (χ0n) is 21.9. The molecule has 1 unspecified atom stereocenters. The van der Waals surface area contributed by atoms with Gasteiger partial charge in [0.05, 0.1) is 29.4 Å². The van der Waals surface area contributed by atoms with Crippen LogP contribution in [0.15, 0.2) is 59.8 Å². The van der Waals surface area contributed by atoms with E-state index < -0.39 is 62.6 Å². The van der Waals surface area contributed by atoms with Crippen molar-refractivity contribution in [3.8, 4) is 0 Å². The fraction of sp³-hybridized carbons (Fsp3) is 0.269. The minimum atomic E-state index is -4.61. The molecule has 3 aromatic rings. The summed E-state index contributed by atoms with van der Waals surface area (Å²) in [5, 5.41) is 14.2. The molecule has 1 aromatic heterocycles. The highest BCUT2D eigenvalue weighted by atomic mass is 32.2. The molecule has 1 fully saturated rings. The average molecular weight is 605 g/mol. The van der Waals surface area contributed by atoms with Crippen LogP contribution < -0.4 is 21.3 Å². The summed E-state index contributed by atoms with van der Waals surface area (Å²) in [6, 6.07) is 7.98. The molecule has 16 heteroatoms. The lowest BCUT2D eigenvalue weighted by Gasteiger charge is -2.34. The van der Waals surface area contributed by atoms with Crippen molar-refractivity contribution in [1.82, 2.24) is 15.3 Å². The van der Waals surface area contributed by atoms with Gasteiger partial charge in [0.1, 0.15) is 4.90 Å². The van der Waals surface area contributed by atoms with Gasteiger partial charge < -0.3 is 30.6 Å². The highest BCUT2D eigenvalue weighted by molar-refractivity contribution is 7.87. The number of piperidine rings is 1. The van der Waals surface area contributed by atoms with E-state index in [9.17, 15) is 31.6 Å². The van der Waals surface area contributed by atoms with E-state index in [4.69, 9.17) is 10.8 Å². The van der Waals surface area contributed by atoms with Crippen LogP contribution in [-0.2, 0) is 19.1 Å². The highest BCUT2D eigenvalue weighted by Gasteiger charge is 2.27. The molecule has 5 N–H and O–H groups in total. The standard InChI is InChI=1S/C26H26F2N6O7S/c27-22-18(6-7-19(23(22)28)34-12-8-16(9-13-34)32-26-30-10-1-11-31-26)24(36)33-20(29)14-21(35)41-42(39,40)17-4-2-15(3-5-17)25(37)38/h1-7,10-11,16,20H,8-9,12-14,29H2,(H,33,36)(H,37,38)(H,30,31,32). The van der Waals surface area contributed by atoms with Crippen LogP contribution in [-0.4, -0.2) is 66.6 Å². The van der Waals surface area contributed by atoms with Crippen LogP contribution >= 0.6 is 0 Å². The van der Waals surface area contributed by atoms with Crippen molar-refractivity contribution in [2.24, 2.45) is 5.73 Å². The number of nitrogens with zero attached hydrogens (tertiary/aromatic N) is 3. The van der Waals surface area contributed by atoms with E-state index >= 15 is 0 Å². The molecule has 1 aliphatic rings. The van der Waals surface area contributed by atoms with Crippen molar-refractivity contribution in [2.75, 3.05) is 23.3 Å². The second-order valence-electron chi connectivity index (χ2n) is 9.26. The number of nitrogens with one attached hydrogen (secondary N) is 2. The number of halogens is 2. The van der Waals surface area contributed by atoms with Gasteiger partial charge >= 0.3 is 22.1 Å². The first-order chi connectivity index (χ1) is 19.9. The lowest BCUT2D eigenvalue weighted by Crippen LogP contribution is -2.44. The molecule has 0 radical (unpaired) electrons. The molecule has 0 saturated carbocycles. The van der Waals surface area contributed by atoms with E-state index in [1.165, 1.54) is 6.07 Å². The van der Waals surface area contributed by atoms with E-state index in [-0.39, 0.29) is 17.3 Å². The Morgan fingerprint density at radius 1 is 1.05 bits per heavy atom. The van der Waals surface area contributed by atoms with Gasteiger partial charge in [0.2, 0.25) is 5.95 Å². The largest absolute Gasteiger partial charge is 0.478 e. The van der Waals surface area contributed by atoms with Gasteiger partial charge in [0.25, 0.3) is 5.91 Å². The van der Waals surface area contributed by atoms with Crippen LogP contribution in [0.5, 0.6) is 0 Å². The number of anilines is 2. The molecule has 222 valence electrons. The van der Waals surface area contributed by atoms with Crippen LogP contribution in [0.25, 0.3) is 0 Å². The summed E-state index contributed by atoms with van der Waals surface area (Å²) >= 11 is 0. The smallest absolute Gasteiger partial charge is 0.341 e. The lowest BCUT2D eigenvalue weighted by atomic mass is 10.0. The summed E-state index contributed by atoms with van der Waals surface area (Å²) in [7, 11) is -4.61. The number of hydrogen-bond acceptors (Lipinski definition) is 11. The molecule has 2 heterocycles. The Morgan fingerprint density at radius 3 is 2.31 bits per heavy atom. The monoisotopic (exact) mass is 604 g/mol. The van der Waals surface area contributed by atoms with E-state index in [0.29, 0.717) is 31.9 Å². The summed E-state index contributed by atoms with van der Waals surface area (Å²) in [5.74, 6) is -5.92. The van der Waals surface area contributed by atoms with E-state index in [1.807, 2.05) is 0 Å². The number of carbonyl (C=O) groups excluding carboxylic acids is 2. The third-order valence-electron chi connectivity index (χ3n) is 6.34. The second-order valence-corrected chi connectivity index (χ2v) is 10.8. The zero-order chi connectivity index (χ0) is 30.4. The number of hydrogen-bond donors (Lipinski definition) is 4. The Bertz CT molecular complexity index is 1570. The molecule has 1 amide bonds. The van der Waals surface area contributed by atoms with Crippen LogP contribution in [0, 0.1) is 11.6 Å². The maximum Gasteiger partial charge on any atom is 0.341 e. The number of benzene rings is 2. The minimum Gasteiger partial charge on any atom is -0.478 e. The fourth-order valence-corrected chi connectivity index (χ4v) is 5.10. The fourth-order valence-electron chi connectivity index (χ4n) is 4.23. The van der Waals surface area contributed by atoms with Crippen molar-refractivity contribution in [3.05, 3.63) is 77.6 Å². The van der Waals surface area contributed by atoms with Gasteiger partial charge in [-0.2, -0.15) is 8.42 Å². The average Bonchev–Trinajstić information content (AvgIpc) is 2.95. The topological polar surface area (TPSA) is 194 Å². The first-order valence-corrected chi connectivity index (χ1v) is 14.0. The molecule has 1 saturated heterocycles. The summed E-state index contributed by atoms with van der Waals surface area (Å²) < 4.78 is 58.9. The van der Waals surface area contributed by atoms with E-state index in [1.54, 1.807) is 23.4 Å². The van der Waals surface area contributed by atoms with Gasteiger partial charge in [0, 0.05) is 31.5 Å². The van der Waals surface area contributed by atoms with Crippen LogP contribution in [0.2, 0.25) is 0 Å².